The van der Waals surface area contributed by atoms with Gasteiger partial charge >= 0.3 is 17.6 Å². The van der Waals surface area contributed by atoms with Crippen molar-refractivity contribution in [3.63, 3.8) is 0 Å². The molecule has 11 heteroatoms. The van der Waals surface area contributed by atoms with Gasteiger partial charge in [-0.3, -0.25) is 29.8 Å². The second-order valence-electron chi connectivity index (χ2n) is 4.51. The van der Waals surface area contributed by atoms with E-state index in [1.807, 2.05) is 0 Å². The Morgan fingerprint density at radius 3 is 2.25 bits per heavy atom. The molecule has 130 valence electrons. The highest BCUT2D eigenvalue weighted by molar-refractivity contribution is 5.67. The molecule has 0 fully saturated rings. The fraction of sp³-hybridized carbons (Fsp3) is 0.385. The third kappa shape index (κ3) is 5.87. The lowest BCUT2D eigenvalue weighted by molar-refractivity contribution is -0.394. The molecule has 11 nitrogen and oxygen atoms in total. The molecule has 1 unspecified atom stereocenters. The third-order valence-corrected chi connectivity index (χ3v) is 2.58. The summed E-state index contributed by atoms with van der Waals surface area (Å²) in [6.07, 6.45) is -0.985. The topological polar surface area (TPSA) is 148 Å². The fourth-order valence-electron chi connectivity index (χ4n) is 1.63. The highest BCUT2D eigenvalue weighted by Crippen LogP contribution is 2.31. The SMILES string of the molecule is CC(=O)OCC(COc1ccc([N+](=O)[O-])cc1[N+](=O)[O-])OC(C)=O. The van der Waals surface area contributed by atoms with Crippen LogP contribution in [0.5, 0.6) is 5.75 Å². The molecular weight excluding hydrogens is 328 g/mol. The quantitative estimate of drug-likeness (QED) is 0.388. The van der Waals surface area contributed by atoms with E-state index in [1.54, 1.807) is 0 Å². The summed E-state index contributed by atoms with van der Waals surface area (Å²) in [6.45, 7) is 1.66. The van der Waals surface area contributed by atoms with E-state index in [2.05, 4.69) is 0 Å². The zero-order chi connectivity index (χ0) is 18.3. The van der Waals surface area contributed by atoms with Crippen LogP contribution < -0.4 is 4.74 Å². The van der Waals surface area contributed by atoms with E-state index < -0.39 is 39.3 Å². The van der Waals surface area contributed by atoms with Gasteiger partial charge in [0.15, 0.2) is 11.9 Å². The molecule has 0 aliphatic carbocycles. The molecule has 0 aliphatic rings. The van der Waals surface area contributed by atoms with Gasteiger partial charge in [0, 0.05) is 19.9 Å². The van der Waals surface area contributed by atoms with E-state index in [4.69, 9.17) is 14.2 Å². The van der Waals surface area contributed by atoms with Crippen molar-refractivity contribution in [1.29, 1.82) is 0 Å². The smallest absolute Gasteiger partial charge is 0.317 e. The fourth-order valence-corrected chi connectivity index (χ4v) is 1.63. The lowest BCUT2D eigenvalue weighted by atomic mass is 10.2. The number of hydrogen-bond donors (Lipinski definition) is 0. The van der Waals surface area contributed by atoms with E-state index in [-0.39, 0.29) is 19.0 Å². The van der Waals surface area contributed by atoms with Gasteiger partial charge in [-0.25, -0.2) is 0 Å². The number of benzene rings is 1. The van der Waals surface area contributed by atoms with E-state index in [9.17, 15) is 29.8 Å². The molecule has 0 amide bonds. The molecule has 1 rings (SSSR count). The summed E-state index contributed by atoms with van der Waals surface area (Å²) in [7, 11) is 0. The summed E-state index contributed by atoms with van der Waals surface area (Å²) in [5.74, 6) is -1.51. The number of hydrogen-bond acceptors (Lipinski definition) is 9. The van der Waals surface area contributed by atoms with Gasteiger partial charge in [0.1, 0.15) is 13.2 Å². The maximum absolute atomic E-state index is 11.0. The molecule has 0 saturated heterocycles. The number of rotatable bonds is 8. The molecule has 1 aromatic carbocycles. The van der Waals surface area contributed by atoms with Crippen molar-refractivity contribution in [3.05, 3.63) is 38.4 Å². The molecule has 1 aromatic rings. The number of nitro groups is 2. The zero-order valence-electron chi connectivity index (χ0n) is 12.8. The van der Waals surface area contributed by atoms with E-state index in [0.717, 1.165) is 32.0 Å². The lowest BCUT2D eigenvalue weighted by Crippen LogP contribution is -2.30. The molecule has 0 N–H and O–H groups in total. The Morgan fingerprint density at radius 2 is 1.75 bits per heavy atom. The molecule has 0 heterocycles. The predicted octanol–water partition coefficient (Wildman–Crippen LogP) is 1.38. The van der Waals surface area contributed by atoms with Crippen LogP contribution in [-0.2, 0) is 19.1 Å². The molecule has 0 saturated carbocycles. The first-order chi connectivity index (χ1) is 11.2. The Hall–Kier alpha value is -3.24. The summed E-state index contributed by atoms with van der Waals surface area (Å²) in [4.78, 5) is 41.8. The van der Waals surface area contributed by atoms with Crippen molar-refractivity contribution in [1.82, 2.24) is 0 Å². The van der Waals surface area contributed by atoms with Crippen LogP contribution in [0.2, 0.25) is 0 Å². The third-order valence-electron chi connectivity index (χ3n) is 2.58. The van der Waals surface area contributed by atoms with E-state index in [1.165, 1.54) is 0 Å². The first-order valence-corrected chi connectivity index (χ1v) is 6.57. The second-order valence-corrected chi connectivity index (χ2v) is 4.51. The maximum Gasteiger partial charge on any atom is 0.317 e. The highest BCUT2D eigenvalue weighted by atomic mass is 16.6. The van der Waals surface area contributed by atoms with Crippen molar-refractivity contribution >= 4 is 23.3 Å². The largest absolute Gasteiger partial charge is 0.483 e. The van der Waals surface area contributed by atoms with Crippen LogP contribution in [0.25, 0.3) is 0 Å². The van der Waals surface area contributed by atoms with Crippen molar-refractivity contribution in [2.24, 2.45) is 0 Å². The van der Waals surface area contributed by atoms with Gasteiger partial charge in [-0.15, -0.1) is 0 Å². The summed E-state index contributed by atoms with van der Waals surface area (Å²) >= 11 is 0. The summed E-state index contributed by atoms with van der Waals surface area (Å²) in [6, 6.07) is 2.85. The van der Waals surface area contributed by atoms with Crippen LogP contribution in [0.15, 0.2) is 18.2 Å². The van der Waals surface area contributed by atoms with Crippen LogP contribution in [0, 0.1) is 20.2 Å². The number of non-ortho nitro benzene ring substituents is 1. The Labute approximate surface area is 135 Å². The minimum Gasteiger partial charge on any atom is -0.483 e. The average molecular weight is 342 g/mol. The number of esters is 2. The molecule has 0 radical (unpaired) electrons. The lowest BCUT2D eigenvalue weighted by Gasteiger charge is -2.17. The van der Waals surface area contributed by atoms with Gasteiger partial charge < -0.3 is 14.2 Å². The average Bonchev–Trinajstić information content (AvgIpc) is 2.49. The van der Waals surface area contributed by atoms with Crippen molar-refractivity contribution < 1.29 is 33.6 Å². The minimum absolute atomic E-state index is 0.245. The Bertz CT molecular complexity index is 659. The van der Waals surface area contributed by atoms with E-state index in [0.29, 0.717) is 0 Å². The van der Waals surface area contributed by atoms with Gasteiger partial charge in [0.05, 0.1) is 15.9 Å². The van der Waals surface area contributed by atoms with Crippen molar-refractivity contribution in [3.8, 4) is 5.75 Å². The van der Waals surface area contributed by atoms with Crippen LogP contribution in [0.3, 0.4) is 0 Å². The predicted molar refractivity (Wildman–Crippen MR) is 77.4 cm³/mol. The number of carbonyl (C=O) groups is 2. The summed E-state index contributed by atoms with van der Waals surface area (Å²) in [5.41, 5.74) is -1.08. The van der Waals surface area contributed by atoms with Gasteiger partial charge in [-0.2, -0.15) is 0 Å². The van der Waals surface area contributed by atoms with Crippen LogP contribution in [0.4, 0.5) is 11.4 Å². The summed E-state index contributed by atoms with van der Waals surface area (Å²) in [5, 5.41) is 21.6. The van der Waals surface area contributed by atoms with Crippen LogP contribution >= 0.6 is 0 Å². The number of nitro benzene ring substituents is 2. The molecular formula is C13H14N2O9. The number of carbonyl (C=O) groups excluding carboxylic acids is 2. The van der Waals surface area contributed by atoms with Gasteiger partial charge in [-0.1, -0.05) is 0 Å². The van der Waals surface area contributed by atoms with Crippen LogP contribution in [-0.4, -0.2) is 41.1 Å². The number of nitrogens with zero attached hydrogens (tertiary/aromatic N) is 2. The molecule has 0 aliphatic heterocycles. The molecule has 24 heavy (non-hydrogen) atoms. The molecule has 1 atom stereocenters. The van der Waals surface area contributed by atoms with Gasteiger partial charge in [0.25, 0.3) is 5.69 Å². The zero-order valence-corrected chi connectivity index (χ0v) is 12.8. The minimum atomic E-state index is -0.985. The van der Waals surface area contributed by atoms with Gasteiger partial charge in [0.2, 0.25) is 0 Å². The first kappa shape index (κ1) is 18.8. The van der Waals surface area contributed by atoms with E-state index >= 15 is 0 Å². The molecule has 0 spiro atoms. The van der Waals surface area contributed by atoms with Crippen molar-refractivity contribution in [2.75, 3.05) is 13.2 Å². The normalized spacial score (nSPS) is 11.2. The highest BCUT2D eigenvalue weighted by Gasteiger charge is 2.23. The Kier molecular flexibility index (Phi) is 6.59. The number of ether oxygens (including phenoxy) is 3. The maximum atomic E-state index is 11.0. The molecule has 0 bridgehead atoms. The van der Waals surface area contributed by atoms with Crippen molar-refractivity contribution in [2.45, 2.75) is 20.0 Å². The Balaban J connectivity index is 2.88. The summed E-state index contributed by atoms with van der Waals surface area (Å²) < 4.78 is 14.8. The molecule has 0 aromatic heterocycles. The second kappa shape index (κ2) is 8.41. The Morgan fingerprint density at radius 1 is 1.08 bits per heavy atom. The van der Waals surface area contributed by atoms with Crippen LogP contribution in [0.1, 0.15) is 13.8 Å². The monoisotopic (exact) mass is 342 g/mol. The van der Waals surface area contributed by atoms with Gasteiger partial charge in [-0.05, 0) is 6.07 Å². The standard InChI is InChI=1S/C13H14N2O9/c1-8(16)22-6-11(24-9(2)17)7-23-13-4-3-10(14(18)19)5-12(13)15(20)21/h3-5,11H,6-7H2,1-2H3. The first-order valence-electron chi connectivity index (χ1n) is 6.57.